The number of carbonyl (C=O) groups excluding carboxylic acids is 5. The molecule has 35 heavy (non-hydrogen) atoms. The van der Waals surface area contributed by atoms with Crippen LogP contribution in [0, 0.1) is 0 Å². The Morgan fingerprint density at radius 3 is 2.69 bits per heavy atom. The molecule has 1 saturated heterocycles. The maximum absolute atomic E-state index is 13.0. The number of amides is 3. The van der Waals surface area contributed by atoms with Crippen molar-refractivity contribution in [2.45, 2.75) is 31.6 Å². The molecule has 3 atom stereocenters. The lowest BCUT2D eigenvalue weighted by molar-refractivity contribution is -0.182. The van der Waals surface area contributed by atoms with Crippen LogP contribution in [0.25, 0.3) is 0 Å². The first-order valence-corrected chi connectivity index (χ1v) is 11.1. The molecule has 15 heteroatoms. The second kappa shape index (κ2) is 10.9. The van der Waals surface area contributed by atoms with Crippen LogP contribution in [0.3, 0.4) is 0 Å². The summed E-state index contributed by atoms with van der Waals surface area (Å²) in [6.45, 7) is 2.09. The molecule has 0 unspecified atom stereocenters. The van der Waals surface area contributed by atoms with Gasteiger partial charge in [0.1, 0.15) is 30.8 Å². The lowest BCUT2D eigenvalue weighted by atomic mass is 10.0. The average molecular weight is 510 g/mol. The third-order valence-corrected chi connectivity index (χ3v) is 6.01. The minimum absolute atomic E-state index is 0.124. The van der Waals surface area contributed by atoms with Gasteiger partial charge in [-0.05, 0) is 12.1 Å². The fraction of sp³-hybridized carbons (Fsp3) is 0.400. The van der Waals surface area contributed by atoms with Crippen molar-refractivity contribution in [1.29, 1.82) is 0 Å². The lowest BCUT2D eigenvalue weighted by Gasteiger charge is -2.49. The first-order valence-electron chi connectivity index (χ1n) is 10.1. The number of rotatable bonds is 9. The minimum Gasteiger partial charge on any atom is -0.462 e. The van der Waals surface area contributed by atoms with Crippen molar-refractivity contribution in [3.63, 3.8) is 0 Å². The Morgan fingerprint density at radius 2 is 2.09 bits per heavy atom. The number of furan rings is 1. The standard InChI is InChI=1S/C20H22N4O10S/c1-9(25)33-10(2)34-19(28)15-11(7-32-20(21)29)8-35-18-14(17(27)24(15)18)22-16(26)13(23-30-3)12-5-4-6-31-12/h4-6,10,14,18H,7-8H2,1-3H3,(H2,21,29)(H,22,26)/b23-13-/t10-,14+,18+/m1/s1. The zero-order chi connectivity index (χ0) is 25.7. The van der Waals surface area contributed by atoms with Crippen molar-refractivity contribution >= 4 is 47.3 Å². The van der Waals surface area contributed by atoms with Gasteiger partial charge in [-0.25, -0.2) is 9.59 Å². The van der Waals surface area contributed by atoms with Crippen molar-refractivity contribution in [2.75, 3.05) is 19.5 Å². The Kier molecular flexibility index (Phi) is 8.01. The molecule has 1 aromatic rings. The zero-order valence-electron chi connectivity index (χ0n) is 18.8. The van der Waals surface area contributed by atoms with Gasteiger partial charge < -0.3 is 34.5 Å². The van der Waals surface area contributed by atoms with Crippen LogP contribution in [-0.2, 0) is 38.2 Å². The number of hydrogen-bond acceptors (Lipinski definition) is 12. The first-order chi connectivity index (χ1) is 16.6. The van der Waals surface area contributed by atoms with Gasteiger partial charge in [0.2, 0.25) is 12.0 Å². The van der Waals surface area contributed by atoms with E-state index in [0.717, 1.165) is 11.8 Å². The summed E-state index contributed by atoms with van der Waals surface area (Å²) < 4.78 is 19.9. The van der Waals surface area contributed by atoms with Crippen molar-refractivity contribution in [3.8, 4) is 0 Å². The van der Waals surface area contributed by atoms with Gasteiger partial charge in [-0.1, -0.05) is 5.16 Å². The van der Waals surface area contributed by atoms with E-state index in [1.807, 2.05) is 0 Å². The molecule has 3 amide bonds. The topological polar surface area (TPSA) is 189 Å². The maximum atomic E-state index is 13.0. The number of thioether (sulfide) groups is 1. The fourth-order valence-electron chi connectivity index (χ4n) is 3.32. The van der Waals surface area contributed by atoms with Gasteiger partial charge in [0, 0.05) is 25.2 Å². The van der Waals surface area contributed by atoms with E-state index in [-0.39, 0.29) is 35.1 Å². The molecule has 14 nitrogen and oxygen atoms in total. The summed E-state index contributed by atoms with van der Waals surface area (Å²) in [4.78, 5) is 66.7. The molecule has 188 valence electrons. The number of nitrogens with one attached hydrogen (secondary N) is 1. The summed E-state index contributed by atoms with van der Waals surface area (Å²) in [6.07, 6.45) is -0.976. The van der Waals surface area contributed by atoms with Gasteiger partial charge in [-0.2, -0.15) is 0 Å². The molecule has 1 fully saturated rings. The summed E-state index contributed by atoms with van der Waals surface area (Å²) >= 11 is 1.21. The highest BCUT2D eigenvalue weighted by Crippen LogP contribution is 2.41. The largest absolute Gasteiger partial charge is 0.462 e. The first kappa shape index (κ1) is 25.6. The van der Waals surface area contributed by atoms with Crippen LogP contribution in [0.5, 0.6) is 0 Å². The molecular weight excluding hydrogens is 488 g/mol. The Bertz CT molecular complexity index is 1080. The van der Waals surface area contributed by atoms with Crippen LogP contribution in [0.4, 0.5) is 4.79 Å². The number of carbonyl (C=O) groups is 5. The highest BCUT2D eigenvalue weighted by atomic mass is 32.2. The lowest BCUT2D eigenvalue weighted by Crippen LogP contribution is -2.71. The van der Waals surface area contributed by atoms with Crippen LogP contribution in [0.1, 0.15) is 19.6 Å². The van der Waals surface area contributed by atoms with E-state index in [0.29, 0.717) is 0 Å². The zero-order valence-corrected chi connectivity index (χ0v) is 19.7. The number of ether oxygens (including phenoxy) is 3. The van der Waals surface area contributed by atoms with Gasteiger partial charge in [0.15, 0.2) is 5.76 Å². The number of primary amides is 1. The summed E-state index contributed by atoms with van der Waals surface area (Å²) in [5.74, 6) is -2.75. The van der Waals surface area contributed by atoms with Crippen molar-refractivity contribution in [1.82, 2.24) is 10.2 Å². The van der Waals surface area contributed by atoms with E-state index in [9.17, 15) is 24.0 Å². The Balaban J connectivity index is 1.80. The Labute approximate surface area is 202 Å². The van der Waals surface area contributed by atoms with Crippen molar-refractivity contribution in [3.05, 3.63) is 35.4 Å². The van der Waals surface area contributed by atoms with Gasteiger partial charge in [-0.15, -0.1) is 11.8 Å². The number of esters is 2. The molecular formula is C20H22N4O10S. The summed E-state index contributed by atoms with van der Waals surface area (Å²) in [5, 5.41) is 5.53. The van der Waals surface area contributed by atoms with E-state index in [1.54, 1.807) is 6.07 Å². The molecule has 0 bridgehead atoms. The fourth-order valence-corrected chi connectivity index (χ4v) is 4.65. The van der Waals surface area contributed by atoms with Crippen LogP contribution < -0.4 is 11.1 Å². The molecule has 0 spiro atoms. The highest BCUT2D eigenvalue weighted by molar-refractivity contribution is 8.00. The number of oxime groups is 1. The molecule has 1 aromatic heterocycles. The van der Waals surface area contributed by atoms with E-state index in [2.05, 4.69) is 10.5 Å². The van der Waals surface area contributed by atoms with Crippen molar-refractivity contribution in [2.24, 2.45) is 10.9 Å². The average Bonchev–Trinajstić information content (AvgIpc) is 3.32. The molecule has 2 aliphatic heterocycles. The van der Waals surface area contributed by atoms with Crippen molar-refractivity contribution < 1.29 is 47.4 Å². The predicted octanol–water partition coefficient (Wildman–Crippen LogP) is -0.168. The number of β-lactam (4-membered cyclic amide) rings is 1. The number of nitrogens with zero attached hydrogens (tertiary/aromatic N) is 2. The third kappa shape index (κ3) is 5.74. The number of hydrogen-bond donors (Lipinski definition) is 2. The molecule has 3 heterocycles. The summed E-state index contributed by atoms with van der Waals surface area (Å²) in [6, 6.07) is 2.03. The van der Waals surface area contributed by atoms with Crippen LogP contribution in [-0.4, -0.2) is 77.6 Å². The normalized spacial score (nSPS) is 20.3. The Morgan fingerprint density at radius 1 is 1.34 bits per heavy atom. The van der Waals surface area contributed by atoms with E-state index in [1.165, 1.54) is 38.1 Å². The minimum atomic E-state index is -1.24. The highest BCUT2D eigenvalue weighted by Gasteiger charge is 2.55. The molecule has 0 aliphatic carbocycles. The summed E-state index contributed by atoms with van der Waals surface area (Å²) in [5.41, 5.74) is 4.89. The molecule has 3 N–H and O–H groups in total. The van der Waals surface area contributed by atoms with E-state index >= 15 is 0 Å². The molecule has 0 saturated carbocycles. The smallest absolute Gasteiger partial charge is 0.404 e. The molecule has 0 aromatic carbocycles. The quantitative estimate of drug-likeness (QED) is 0.147. The second-order valence-electron chi connectivity index (χ2n) is 7.10. The third-order valence-electron chi connectivity index (χ3n) is 4.67. The number of nitrogens with two attached hydrogens (primary N) is 1. The second-order valence-corrected chi connectivity index (χ2v) is 8.21. The summed E-state index contributed by atoms with van der Waals surface area (Å²) in [7, 11) is 1.25. The molecule has 3 rings (SSSR count). The van der Waals surface area contributed by atoms with Crippen LogP contribution in [0.15, 0.2) is 39.2 Å². The maximum Gasteiger partial charge on any atom is 0.404 e. The van der Waals surface area contributed by atoms with Crippen LogP contribution in [0.2, 0.25) is 0 Å². The van der Waals surface area contributed by atoms with Gasteiger partial charge in [-0.3, -0.25) is 19.3 Å². The predicted molar refractivity (Wildman–Crippen MR) is 117 cm³/mol. The van der Waals surface area contributed by atoms with E-state index in [4.69, 9.17) is 29.2 Å². The number of fused-ring (bicyclic) bond motifs is 1. The SMILES string of the molecule is CO/N=C(\C(=O)N[C@H]1C(=O)N2C(C(=O)O[C@H](C)OC(C)=O)=C(COC(N)=O)CS[C@@H]12)c1ccco1. The van der Waals surface area contributed by atoms with Crippen LogP contribution >= 0.6 is 11.8 Å². The van der Waals surface area contributed by atoms with Gasteiger partial charge >= 0.3 is 18.0 Å². The van der Waals surface area contributed by atoms with Gasteiger partial charge in [0.05, 0.1) is 6.26 Å². The molecule has 0 radical (unpaired) electrons. The monoisotopic (exact) mass is 510 g/mol. The molecule has 2 aliphatic rings. The Hall–Kier alpha value is -4.01. The van der Waals surface area contributed by atoms with Gasteiger partial charge in [0.25, 0.3) is 11.8 Å². The van der Waals surface area contributed by atoms with E-state index < -0.39 is 47.6 Å².